The van der Waals surface area contributed by atoms with E-state index in [1.54, 1.807) is 13.1 Å². The van der Waals surface area contributed by atoms with Crippen molar-refractivity contribution in [3.8, 4) is 5.75 Å². The number of ether oxygens (including phenoxy) is 1. The van der Waals surface area contributed by atoms with E-state index in [9.17, 15) is 8.78 Å². The van der Waals surface area contributed by atoms with E-state index in [0.29, 0.717) is 11.5 Å². The number of aromatic nitrogens is 2. The van der Waals surface area contributed by atoms with E-state index < -0.39 is 11.6 Å². The summed E-state index contributed by atoms with van der Waals surface area (Å²) in [6.07, 6.45) is 1.78. The third-order valence-corrected chi connectivity index (χ3v) is 6.39. The Morgan fingerprint density at radius 1 is 1.25 bits per heavy atom. The highest BCUT2D eigenvalue weighted by Gasteiger charge is 2.20. The van der Waals surface area contributed by atoms with Gasteiger partial charge in [-0.3, -0.25) is 4.99 Å². The van der Waals surface area contributed by atoms with Crippen LogP contribution >= 0.6 is 11.6 Å². The molecule has 0 atom stereocenters. The number of nitrogens with one attached hydrogen (secondary N) is 2. The monoisotopic (exact) mass is 515 g/mol. The summed E-state index contributed by atoms with van der Waals surface area (Å²) in [6.45, 7) is 12.3. The second kappa shape index (κ2) is 11.0. The number of fused-ring (bicyclic) bond motifs is 1. The summed E-state index contributed by atoms with van der Waals surface area (Å²) >= 11 is 6.47. The predicted molar refractivity (Wildman–Crippen MR) is 142 cm³/mol. The fourth-order valence-electron chi connectivity index (χ4n) is 4.06. The van der Waals surface area contributed by atoms with Crippen LogP contribution in [0.4, 0.5) is 20.3 Å². The molecule has 0 unspecified atom stereocenters. The lowest BCUT2D eigenvalue weighted by Gasteiger charge is -2.35. The van der Waals surface area contributed by atoms with Gasteiger partial charge in [0.1, 0.15) is 10.9 Å². The van der Waals surface area contributed by atoms with Gasteiger partial charge in [-0.25, -0.2) is 18.8 Å². The van der Waals surface area contributed by atoms with Crippen molar-refractivity contribution in [2.45, 2.75) is 13.8 Å². The lowest BCUT2D eigenvalue weighted by Crippen LogP contribution is -2.46. The van der Waals surface area contributed by atoms with Crippen molar-refractivity contribution in [2.24, 2.45) is 9.98 Å². The number of nitrogens with zero attached hydrogens (tertiary/aromatic N) is 5. The third-order valence-electron chi connectivity index (χ3n) is 6.05. The van der Waals surface area contributed by atoms with Crippen LogP contribution in [-0.2, 0) is 0 Å². The number of hydrogen-bond donors (Lipinski definition) is 2. The van der Waals surface area contributed by atoms with E-state index in [1.807, 2.05) is 12.1 Å². The predicted octanol–water partition coefficient (Wildman–Crippen LogP) is 4.92. The van der Waals surface area contributed by atoms with Gasteiger partial charge in [0.05, 0.1) is 17.4 Å². The van der Waals surface area contributed by atoms with Gasteiger partial charge in [0, 0.05) is 50.4 Å². The molecule has 1 aliphatic rings. The Balaban J connectivity index is 1.51. The highest BCUT2D eigenvalue weighted by Crippen LogP contribution is 2.31. The number of halogens is 3. The van der Waals surface area contributed by atoms with Crippen molar-refractivity contribution < 1.29 is 13.5 Å². The number of pyridine rings is 1. The first-order chi connectivity index (χ1) is 17.3. The number of rotatable bonds is 7. The maximum Gasteiger partial charge on any atom is 0.241 e. The summed E-state index contributed by atoms with van der Waals surface area (Å²) in [5.74, 6) is -1.36. The van der Waals surface area contributed by atoms with Crippen LogP contribution in [0, 0.1) is 18.6 Å². The van der Waals surface area contributed by atoms with Crippen LogP contribution in [-0.4, -0.2) is 67.2 Å². The molecule has 190 valence electrons. The van der Waals surface area contributed by atoms with Crippen LogP contribution in [0.15, 0.2) is 51.4 Å². The van der Waals surface area contributed by atoms with Gasteiger partial charge in [-0.1, -0.05) is 18.5 Å². The zero-order valence-electron chi connectivity index (χ0n) is 20.4. The minimum atomic E-state index is -0.749. The van der Waals surface area contributed by atoms with Crippen molar-refractivity contribution in [3.05, 3.63) is 58.7 Å². The number of anilines is 2. The highest BCUT2D eigenvalue weighted by atomic mass is 35.5. The van der Waals surface area contributed by atoms with E-state index in [2.05, 4.69) is 48.7 Å². The topological polar surface area (TPSA) is 81.1 Å². The maximum absolute atomic E-state index is 15.0. The maximum atomic E-state index is 15.0. The SMILES string of the molecule is C=N/C(Oc1cc(F)c2[nH]c(C)cc2c1F)=C(Cl)\C(=N/C)Nc1ccc(N2CCN(CC)CC2)cn1. The van der Waals surface area contributed by atoms with Gasteiger partial charge in [-0.2, -0.15) is 0 Å². The van der Waals surface area contributed by atoms with Crippen LogP contribution < -0.4 is 15.0 Å². The van der Waals surface area contributed by atoms with Gasteiger partial charge in [-0.15, -0.1) is 0 Å². The average molecular weight is 516 g/mol. The number of piperazine rings is 1. The van der Waals surface area contributed by atoms with E-state index in [1.165, 1.54) is 13.1 Å². The van der Waals surface area contributed by atoms with Crippen LogP contribution in [0.1, 0.15) is 12.6 Å². The molecule has 11 heteroatoms. The van der Waals surface area contributed by atoms with Crippen molar-refractivity contribution in [2.75, 3.05) is 50.0 Å². The first-order valence-corrected chi connectivity index (χ1v) is 11.9. The molecule has 36 heavy (non-hydrogen) atoms. The van der Waals surface area contributed by atoms with Crippen molar-refractivity contribution >= 4 is 46.6 Å². The number of likely N-dealkylation sites (N-methyl/N-ethyl adjacent to an activating group) is 1. The Morgan fingerprint density at radius 3 is 2.61 bits per heavy atom. The second-order valence-electron chi connectivity index (χ2n) is 8.31. The largest absolute Gasteiger partial charge is 0.434 e. The molecule has 2 N–H and O–H groups in total. The van der Waals surface area contributed by atoms with E-state index in [0.717, 1.165) is 44.5 Å². The first kappa shape index (κ1) is 25.6. The van der Waals surface area contributed by atoms with Crippen molar-refractivity contribution in [1.29, 1.82) is 0 Å². The Kier molecular flexibility index (Phi) is 7.85. The summed E-state index contributed by atoms with van der Waals surface area (Å²) in [7, 11) is 1.52. The molecule has 8 nitrogen and oxygen atoms in total. The molecule has 2 aromatic heterocycles. The Bertz CT molecular complexity index is 1310. The molecule has 0 bridgehead atoms. The van der Waals surface area contributed by atoms with E-state index >= 15 is 0 Å². The van der Waals surface area contributed by atoms with Gasteiger partial charge < -0.3 is 24.8 Å². The summed E-state index contributed by atoms with van der Waals surface area (Å²) in [4.78, 5) is 19.8. The summed E-state index contributed by atoms with van der Waals surface area (Å²) < 4.78 is 35.0. The normalized spacial score (nSPS) is 15.7. The summed E-state index contributed by atoms with van der Waals surface area (Å²) in [5.41, 5.74) is 1.69. The molecule has 3 heterocycles. The minimum Gasteiger partial charge on any atom is -0.434 e. The highest BCUT2D eigenvalue weighted by molar-refractivity contribution is 6.45. The van der Waals surface area contributed by atoms with Gasteiger partial charge in [-0.05, 0) is 38.4 Å². The number of amidine groups is 1. The standard InChI is InChI=1S/C25H28ClF2N7O/c1-5-34-8-10-35(11-9-34)16-6-7-20(31-14-16)33-24(29-3)21(26)25(30-4)36-19-13-18(27)23-17(22(19)28)12-15(2)32-23/h6-7,12-14,32H,4-5,8-11H2,1-3H3,(H,29,31,33)/b25-21-. The van der Waals surface area contributed by atoms with Gasteiger partial charge in [0.15, 0.2) is 23.2 Å². The van der Waals surface area contributed by atoms with Gasteiger partial charge in [0.2, 0.25) is 5.88 Å². The molecular weight excluding hydrogens is 488 g/mol. The lowest BCUT2D eigenvalue weighted by atomic mass is 10.2. The molecular formula is C25H28ClF2N7O. The third kappa shape index (κ3) is 5.34. The number of aryl methyl sites for hydroxylation is 1. The zero-order chi connectivity index (χ0) is 25.8. The molecule has 0 saturated carbocycles. The Hall–Kier alpha value is -3.50. The molecule has 0 radical (unpaired) electrons. The molecule has 0 aliphatic carbocycles. The number of H-pyrrole nitrogens is 1. The van der Waals surface area contributed by atoms with Crippen molar-refractivity contribution in [1.82, 2.24) is 14.9 Å². The quantitative estimate of drug-likeness (QED) is 0.265. The molecule has 1 fully saturated rings. The second-order valence-corrected chi connectivity index (χ2v) is 8.69. The summed E-state index contributed by atoms with van der Waals surface area (Å²) in [6, 6.07) is 6.21. The number of benzene rings is 1. The fourth-order valence-corrected chi connectivity index (χ4v) is 4.29. The molecule has 1 saturated heterocycles. The first-order valence-electron chi connectivity index (χ1n) is 11.5. The molecule has 0 spiro atoms. The van der Waals surface area contributed by atoms with Gasteiger partial charge in [0.25, 0.3) is 0 Å². The van der Waals surface area contributed by atoms with E-state index in [4.69, 9.17) is 16.3 Å². The van der Waals surface area contributed by atoms with Crippen LogP contribution in [0.3, 0.4) is 0 Å². The molecule has 1 aromatic carbocycles. The Labute approximate surface area is 213 Å². The van der Waals surface area contributed by atoms with Crippen LogP contribution in [0.25, 0.3) is 10.9 Å². The van der Waals surface area contributed by atoms with Crippen molar-refractivity contribution in [3.63, 3.8) is 0 Å². The van der Waals surface area contributed by atoms with Crippen LogP contribution in [0.5, 0.6) is 5.75 Å². The Morgan fingerprint density at radius 2 is 2.00 bits per heavy atom. The number of aromatic amines is 1. The zero-order valence-corrected chi connectivity index (χ0v) is 21.2. The number of hydrogen-bond acceptors (Lipinski definition) is 6. The number of aliphatic imine (C=N–C) groups is 2. The lowest BCUT2D eigenvalue weighted by molar-refractivity contribution is 0.271. The smallest absolute Gasteiger partial charge is 0.241 e. The molecule has 3 aromatic rings. The molecule has 1 aliphatic heterocycles. The summed E-state index contributed by atoms with van der Waals surface area (Å²) in [5, 5.41) is 3.01. The van der Waals surface area contributed by atoms with Gasteiger partial charge >= 0.3 is 0 Å². The average Bonchev–Trinajstić information content (AvgIpc) is 3.31. The molecule has 4 rings (SSSR count). The van der Waals surface area contributed by atoms with E-state index in [-0.39, 0.29) is 33.4 Å². The molecule has 0 amide bonds. The van der Waals surface area contributed by atoms with Crippen LogP contribution in [0.2, 0.25) is 0 Å². The minimum absolute atomic E-state index is 0.0554. The fraction of sp³-hybridized carbons (Fsp3) is 0.320.